The molecule has 0 aliphatic rings. The number of nitrogens with one attached hydrogen (secondary N) is 1. The second-order valence-electron chi connectivity index (χ2n) is 5.01. The monoisotopic (exact) mass is 271 g/mol. The van der Waals surface area contributed by atoms with Crippen LogP contribution in [0.1, 0.15) is 29.7 Å². The van der Waals surface area contributed by atoms with Gasteiger partial charge in [-0.25, -0.2) is 9.78 Å². The summed E-state index contributed by atoms with van der Waals surface area (Å²) >= 11 is 0. The van der Waals surface area contributed by atoms with Gasteiger partial charge in [0.15, 0.2) is 0 Å². The Morgan fingerprint density at radius 1 is 1.30 bits per heavy atom. The Hall–Kier alpha value is -1.94. The Kier molecular flexibility index (Phi) is 4.69. The van der Waals surface area contributed by atoms with Crippen LogP contribution in [-0.2, 0) is 6.54 Å². The first-order valence-electron chi connectivity index (χ1n) is 6.93. The fourth-order valence-electron chi connectivity index (χ4n) is 2.24. The summed E-state index contributed by atoms with van der Waals surface area (Å²) in [6.07, 6.45) is 3.30. The third-order valence-corrected chi connectivity index (χ3v) is 3.55. The lowest BCUT2D eigenvalue weighted by Gasteiger charge is -2.20. The maximum Gasteiger partial charge on any atom is 0.347 e. The van der Waals surface area contributed by atoms with Crippen LogP contribution in [-0.4, -0.2) is 16.1 Å². The maximum atomic E-state index is 11.7. The van der Waals surface area contributed by atoms with Gasteiger partial charge in [0.05, 0.1) is 6.04 Å². The van der Waals surface area contributed by atoms with Crippen molar-refractivity contribution in [1.29, 1.82) is 0 Å². The first kappa shape index (κ1) is 14.5. The van der Waals surface area contributed by atoms with Gasteiger partial charge in [0.25, 0.3) is 0 Å². The lowest BCUT2D eigenvalue weighted by molar-refractivity contribution is 0.462. The smallest absolute Gasteiger partial charge is 0.309 e. The second kappa shape index (κ2) is 6.48. The molecule has 1 aromatic carbocycles. The summed E-state index contributed by atoms with van der Waals surface area (Å²) in [6.45, 7) is 7.72. The molecule has 0 saturated carbocycles. The van der Waals surface area contributed by atoms with Gasteiger partial charge in [-0.3, -0.25) is 4.57 Å². The van der Waals surface area contributed by atoms with Crippen molar-refractivity contribution in [1.82, 2.24) is 14.9 Å². The number of benzene rings is 1. The fourth-order valence-corrected chi connectivity index (χ4v) is 2.24. The minimum Gasteiger partial charge on any atom is -0.309 e. The number of hydrogen-bond acceptors (Lipinski definition) is 3. The average molecular weight is 271 g/mol. The molecular weight excluding hydrogens is 250 g/mol. The molecule has 20 heavy (non-hydrogen) atoms. The normalized spacial score (nSPS) is 12.3. The number of hydrogen-bond donors (Lipinski definition) is 1. The van der Waals surface area contributed by atoms with Gasteiger partial charge in [-0.15, -0.1) is 0 Å². The lowest BCUT2D eigenvalue weighted by atomic mass is 10.0. The van der Waals surface area contributed by atoms with E-state index in [9.17, 15) is 4.79 Å². The number of aromatic nitrogens is 2. The number of rotatable bonds is 5. The predicted octanol–water partition coefficient (Wildman–Crippen LogP) is 2.21. The minimum absolute atomic E-state index is 0.112. The molecule has 1 heterocycles. The van der Waals surface area contributed by atoms with Gasteiger partial charge < -0.3 is 5.32 Å². The van der Waals surface area contributed by atoms with E-state index in [4.69, 9.17) is 0 Å². The molecule has 0 amide bonds. The highest BCUT2D eigenvalue weighted by molar-refractivity contribution is 5.31. The van der Waals surface area contributed by atoms with Gasteiger partial charge in [0.2, 0.25) is 0 Å². The molecule has 0 radical (unpaired) electrons. The molecule has 1 unspecified atom stereocenters. The van der Waals surface area contributed by atoms with E-state index in [-0.39, 0.29) is 11.7 Å². The lowest BCUT2D eigenvalue weighted by Crippen LogP contribution is -2.31. The predicted molar refractivity (Wildman–Crippen MR) is 80.8 cm³/mol. The van der Waals surface area contributed by atoms with Crippen LogP contribution >= 0.6 is 0 Å². The summed E-state index contributed by atoms with van der Waals surface area (Å²) in [6, 6.07) is 8.33. The van der Waals surface area contributed by atoms with E-state index in [1.54, 1.807) is 16.8 Å². The number of nitrogens with zero attached hydrogens (tertiary/aromatic N) is 2. The van der Waals surface area contributed by atoms with Crippen molar-refractivity contribution in [3.63, 3.8) is 0 Å². The molecule has 0 aliphatic carbocycles. The molecule has 0 fully saturated rings. The van der Waals surface area contributed by atoms with Gasteiger partial charge in [0, 0.05) is 18.9 Å². The Balaban J connectivity index is 2.29. The van der Waals surface area contributed by atoms with Crippen LogP contribution in [0.2, 0.25) is 0 Å². The van der Waals surface area contributed by atoms with E-state index >= 15 is 0 Å². The number of likely N-dealkylation sites (N-methyl/N-ethyl adjacent to an activating group) is 1. The maximum absolute atomic E-state index is 11.7. The zero-order valence-electron chi connectivity index (χ0n) is 12.3. The Bertz CT molecular complexity index is 634. The van der Waals surface area contributed by atoms with Crippen LogP contribution in [0.3, 0.4) is 0 Å². The molecule has 0 spiro atoms. The summed E-state index contributed by atoms with van der Waals surface area (Å²) in [5.41, 5.74) is 3.54. The van der Waals surface area contributed by atoms with Crippen molar-refractivity contribution < 1.29 is 0 Å². The Morgan fingerprint density at radius 2 is 2.10 bits per heavy atom. The van der Waals surface area contributed by atoms with Crippen molar-refractivity contribution in [2.75, 3.05) is 6.54 Å². The average Bonchev–Trinajstić information content (AvgIpc) is 2.44. The summed E-state index contributed by atoms with van der Waals surface area (Å²) in [5.74, 6) is 0. The Morgan fingerprint density at radius 3 is 2.75 bits per heavy atom. The second-order valence-corrected chi connectivity index (χ2v) is 5.01. The van der Waals surface area contributed by atoms with E-state index in [2.05, 4.69) is 49.3 Å². The topological polar surface area (TPSA) is 46.9 Å². The largest absolute Gasteiger partial charge is 0.347 e. The summed E-state index contributed by atoms with van der Waals surface area (Å²) < 4.78 is 1.64. The van der Waals surface area contributed by atoms with Crippen LogP contribution in [0.4, 0.5) is 0 Å². The fraction of sp³-hybridized carbons (Fsp3) is 0.375. The highest BCUT2D eigenvalue weighted by Gasteiger charge is 2.12. The molecule has 1 aromatic heterocycles. The first-order chi connectivity index (χ1) is 9.61. The third-order valence-electron chi connectivity index (χ3n) is 3.55. The summed E-state index contributed by atoms with van der Waals surface area (Å²) in [4.78, 5) is 15.5. The highest BCUT2D eigenvalue weighted by Crippen LogP contribution is 2.18. The first-order valence-corrected chi connectivity index (χ1v) is 6.93. The van der Waals surface area contributed by atoms with Crippen LogP contribution in [0.15, 0.2) is 41.5 Å². The van der Waals surface area contributed by atoms with Crippen LogP contribution in [0.5, 0.6) is 0 Å². The third kappa shape index (κ3) is 3.33. The molecule has 4 nitrogen and oxygen atoms in total. The SMILES string of the molecule is CCNC(Cn1cccnc1=O)c1ccc(C)c(C)c1. The van der Waals surface area contributed by atoms with Gasteiger partial charge in [-0.1, -0.05) is 25.1 Å². The Labute approximate surface area is 119 Å². The molecule has 1 atom stereocenters. The van der Waals surface area contributed by atoms with E-state index in [1.165, 1.54) is 22.9 Å². The summed E-state index contributed by atoms with van der Waals surface area (Å²) in [5, 5.41) is 3.43. The van der Waals surface area contributed by atoms with Crippen molar-refractivity contribution in [3.05, 3.63) is 63.8 Å². The molecule has 4 heteroatoms. The zero-order valence-corrected chi connectivity index (χ0v) is 12.3. The highest BCUT2D eigenvalue weighted by atomic mass is 16.1. The van der Waals surface area contributed by atoms with E-state index < -0.39 is 0 Å². The van der Waals surface area contributed by atoms with Gasteiger partial charge in [-0.2, -0.15) is 0 Å². The van der Waals surface area contributed by atoms with E-state index in [0.29, 0.717) is 6.54 Å². The van der Waals surface area contributed by atoms with E-state index in [1.807, 2.05) is 0 Å². The van der Waals surface area contributed by atoms with Crippen LogP contribution in [0.25, 0.3) is 0 Å². The molecule has 2 aromatic rings. The molecule has 0 aliphatic heterocycles. The van der Waals surface area contributed by atoms with Crippen molar-refractivity contribution in [2.45, 2.75) is 33.4 Å². The number of aryl methyl sites for hydroxylation is 2. The molecule has 0 saturated heterocycles. The van der Waals surface area contributed by atoms with E-state index in [0.717, 1.165) is 6.54 Å². The zero-order chi connectivity index (χ0) is 14.5. The van der Waals surface area contributed by atoms with Gasteiger partial charge in [-0.05, 0) is 43.1 Å². The van der Waals surface area contributed by atoms with Crippen molar-refractivity contribution in [3.8, 4) is 0 Å². The molecule has 106 valence electrons. The quantitative estimate of drug-likeness (QED) is 0.907. The molecular formula is C16H21N3O. The molecule has 2 rings (SSSR count). The minimum atomic E-state index is -0.209. The van der Waals surface area contributed by atoms with Crippen molar-refractivity contribution in [2.24, 2.45) is 0 Å². The van der Waals surface area contributed by atoms with Crippen LogP contribution < -0.4 is 11.0 Å². The van der Waals surface area contributed by atoms with Crippen LogP contribution in [0, 0.1) is 13.8 Å². The van der Waals surface area contributed by atoms with Gasteiger partial charge in [0.1, 0.15) is 0 Å². The van der Waals surface area contributed by atoms with Gasteiger partial charge >= 0.3 is 5.69 Å². The molecule has 1 N–H and O–H groups in total. The van der Waals surface area contributed by atoms with Crippen molar-refractivity contribution >= 4 is 0 Å². The standard InChI is InChI=1S/C16H21N3O/c1-4-17-15(11-19-9-5-8-18-16(19)20)14-7-6-12(2)13(3)10-14/h5-10,15,17H,4,11H2,1-3H3. The summed E-state index contributed by atoms with van der Waals surface area (Å²) in [7, 11) is 0. The molecule has 0 bridgehead atoms.